The lowest BCUT2D eigenvalue weighted by molar-refractivity contribution is -0.122. The molecule has 0 aliphatic carbocycles. The summed E-state index contributed by atoms with van der Waals surface area (Å²) in [5, 5.41) is 2.22. The van der Waals surface area contributed by atoms with E-state index in [0.717, 1.165) is 16.8 Å². The van der Waals surface area contributed by atoms with Crippen LogP contribution in [0.2, 0.25) is 15.1 Å². The van der Waals surface area contributed by atoms with Gasteiger partial charge in [0.1, 0.15) is 6.61 Å². The molecule has 0 atom stereocenters. The minimum absolute atomic E-state index is 0.0876. The van der Waals surface area contributed by atoms with Crippen LogP contribution >= 0.6 is 62.5 Å². The number of carbonyl (C=O) groups is 1. The summed E-state index contributed by atoms with van der Waals surface area (Å²) < 4.78 is 12.7. The standard InChI is InChI=1S/C29H26BrCl3N2O3S/c1-4-37-25-13-19(11-22(30)27(25)38-16-18-5-10-23(32)24(33)12-18)14-26-28(36)35(15-17(2)3)29(39-26)34-21-8-6-20(31)7-9-21/h5-14,17H,4,15-16H2,1-3H3/b26-14-,34-29?. The fourth-order valence-corrected chi connectivity index (χ4v) is 5.78. The zero-order valence-electron chi connectivity index (χ0n) is 21.5. The van der Waals surface area contributed by atoms with Crippen molar-refractivity contribution in [2.75, 3.05) is 13.2 Å². The van der Waals surface area contributed by atoms with Gasteiger partial charge in [-0.25, -0.2) is 4.99 Å². The van der Waals surface area contributed by atoms with Gasteiger partial charge in [0.05, 0.1) is 31.7 Å². The van der Waals surface area contributed by atoms with Gasteiger partial charge in [0.15, 0.2) is 16.7 Å². The Morgan fingerprint density at radius 3 is 2.44 bits per heavy atom. The highest BCUT2D eigenvalue weighted by molar-refractivity contribution is 9.10. The largest absolute Gasteiger partial charge is 0.490 e. The Balaban J connectivity index is 1.63. The van der Waals surface area contributed by atoms with Crippen LogP contribution in [0, 0.1) is 5.92 Å². The molecule has 1 aliphatic heterocycles. The number of hydrogen-bond donors (Lipinski definition) is 0. The highest BCUT2D eigenvalue weighted by Gasteiger charge is 2.34. The van der Waals surface area contributed by atoms with Crippen molar-refractivity contribution >= 4 is 85.3 Å². The normalized spacial score (nSPS) is 15.6. The van der Waals surface area contributed by atoms with Crippen LogP contribution in [-0.4, -0.2) is 29.1 Å². The van der Waals surface area contributed by atoms with Gasteiger partial charge in [0.25, 0.3) is 5.91 Å². The van der Waals surface area contributed by atoms with Crippen molar-refractivity contribution in [3.63, 3.8) is 0 Å². The Labute approximate surface area is 256 Å². The second-order valence-corrected chi connectivity index (χ2v) is 12.2. The maximum atomic E-state index is 13.4. The first-order chi connectivity index (χ1) is 18.6. The average Bonchev–Trinajstić information content (AvgIpc) is 3.15. The number of amidine groups is 1. The molecular weight excluding hydrogens is 643 g/mol. The summed E-state index contributed by atoms with van der Waals surface area (Å²) >= 11 is 23.2. The number of halogens is 4. The molecule has 1 amide bonds. The maximum Gasteiger partial charge on any atom is 0.266 e. The summed E-state index contributed by atoms with van der Waals surface area (Å²) in [4.78, 5) is 20.5. The van der Waals surface area contributed by atoms with E-state index in [1.54, 1.807) is 29.2 Å². The summed E-state index contributed by atoms with van der Waals surface area (Å²) in [5.74, 6) is 1.30. The van der Waals surface area contributed by atoms with E-state index >= 15 is 0 Å². The van der Waals surface area contributed by atoms with E-state index < -0.39 is 0 Å². The van der Waals surface area contributed by atoms with E-state index in [-0.39, 0.29) is 18.4 Å². The zero-order chi connectivity index (χ0) is 28.1. The van der Waals surface area contributed by atoms with E-state index in [1.165, 1.54) is 11.8 Å². The van der Waals surface area contributed by atoms with Crippen molar-refractivity contribution in [2.24, 2.45) is 10.9 Å². The average molecular weight is 669 g/mol. The van der Waals surface area contributed by atoms with Crippen molar-refractivity contribution in [1.82, 2.24) is 4.90 Å². The molecule has 39 heavy (non-hydrogen) atoms. The number of rotatable bonds is 9. The molecule has 1 fully saturated rings. The molecule has 0 unspecified atom stereocenters. The maximum absolute atomic E-state index is 13.4. The molecule has 10 heteroatoms. The summed E-state index contributed by atoms with van der Waals surface area (Å²) in [5.41, 5.74) is 2.39. The second kappa shape index (κ2) is 13.5. The van der Waals surface area contributed by atoms with Gasteiger partial charge in [0.2, 0.25) is 0 Å². The molecule has 0 saturated carbocycles. The van der Waals surface area contributed by atoms with E-state index in [9.17, 15) is 4.79 Å². The van der Waals surface area contributed by atoms with Crippen molar-refractivity contribution < 1.29 is 14.3 Å². The second-order valence-electron chi connectivity index (χ2n) is 9.09. The number of thioether (sulfide) groups is 1. The Bertz CT molecular complexity index is 1430. The van der Waals surface area contributed by atoms with Gasteiger partial charge in [-0.15, -0.1) is 0 Å². The molecule has 1 aliphatic rings. The quantitative estimate of drug-likeness (QED) is 0.213. The number of hydrogen-bond acceptors (Lipinski definition) is 5. The predicted octanol–water partition coefficient (Wildman–Crippen LogP) is 9.65. The number of benzene rings is 3. The third-order valence-corrected chi connectivity index (χ3v) is 8.07. The lowest BCUT2D eigenvalue weighted by Gasteiger charge is -2.17. The summed E-state index contributed by atoms with van der Waals surface area (Å²) in [7, 11) is 0. The van der Waals surface area contributed by atoms with Crippen LogP contribution < -0.4 is 9.47 Å². The van der Waals surface area contributed by atoms with Gasteiger partial charge >= 0.3 is 0 Å². The molecule has 0 spiro atoms. The van der Waals surface area contributed by atoms with Crippen LogP contribution in [0.25, 0.3) is 6.08 Å². The lowest BCUT2D eigenvalue weighted by atomic mass is 10.1. The fourth-order valence-electron chi connectivity index (χ4n) is 3.75. The van der Waals surface area contributed by atoms with Gasteiger partial charge in [-0.2, -0.15) is 0 Å². The zero-order valence-corrected chi connectivity index (χ0v) is 26.2. The minimum Gasteiger partial charge on any atom is -0.490 e. The van der Waals surface area contributed by atoms with Crippen LogP contribution in [0.1, 0.15) is 31.9 Å². The molecule has 0 bridgehead atoms. The van der Waals surface area contributed by atoms with Crippen LogP contribution in [0.4, 0.5) is 5.69 Å². The topological polar surface area (TPSA) is 51.1 Å². The molecule has 204 valence electrons. The molecular formula is C29H26BrCl3N2O3S. The number of ether oxygens (including phenoxy) is 2. The number of amides is 1. The van der Waals surface area contributed by atoms with Crippen molar-refractivity contribution in [2.45, 2.75) is 27.4 Å². The van der Waals surface area contributed by atoms with Crippen LogP contribution in [0.3, 0.4) is 0 Å². The molecule has 1 heterocycles. The van der Waals surface area contributed by atoms with Gasteiger partial charge in [0, 0.05) is 11.6 Å². The summed E-state index contributed by atoms with van der Waals surface area (Å²) in [6.07, 6.45) is 1.85. The fraction of sp³-hybridized carbons (Fsp3) is 0.241. The Morgan fingerprint density at radius 2 is 1.77 bits per heavy atom. The summed E-state index contributed by atoms with van der Waals surface area (Å²) in [6.45, 7) is 7.33. The van der Waals surface area contributed by atoms with Gasteiger partial charge in [-0.3, -0.25) is 9.69 Å². The first-order valence-corrected chi connectivity index (χ1v) is 15.0. The molecule has 0 aromatic heterocycles. The SMILES string of the molecule is CCOc1cc(/C=C2\SC(=Nc3ccc(Cl)cc3)N(CC(C)C)C2=O)cc(Br)c1OCc1ccc(Cl)c(Cl)c1. The van der Waals surface area contributed by atoms with Crippen molar-refractivity contribution in [1.29, 1.82) is 0 Å². The molecule has 3 aromatic rings. The number of aliphatic imine (C=N–C) groups is 1. The van der Waals surface area contributed by atoms with E-state index in [1.807, 2.05) is 43.3 Å². The van der Waals surface area contributed by atoms with E-state index in [0.29, 0.717) is 54.3 Å². The highest BCUT2D eigenvalue weighted by Crippen LogP contribution is 2.40. The minimum atomic E-state index is -0.0876. The number of nitrogens with zero attached hydrogens (tertiary/aromatic N) is 2. The summed E-state index contributed by atoms with van der Waals surface area (Å²) in [6, 6.07) is 16.3. The van der Waals surface area contributed by atoms with E-state index in [2.05, 4.69) is 29.8 Å². The Morgan fingerprint density at radius 1 is 1.03 bits per heavy atom. The Kier molecular flexibility index (Phi) is 10.3. The number of carbonyl (C=O) groups excluding carboxylic acids is 1. The van der Waals surface area contributed by atoms with Crippen LogP contribution in [0.5, 0.6) is 11.5 Å². The van der Waals surface area contributed by atoms with Gasteiger partial charge in [-0.1, -0.05) is 54.7 Å². The van der Waals surface area contributed by atoms with Gasteiger partial charge in [-0.05, 0) is 106 Å². The van der Waals surface area contributed by atoms with Crippen molar-refractivity contribution in [3.05, 3.63) is 90.2 Å². The van der Waals surface area contributed by atoms with Crippen LogP contribution in [-0.2, 0) is 11.4 Å². The third kappa shape index (κ3) is 7.74. The molecule has 3 aromatic carbocycles. The third-order valence-electron chi connectivity index (χ3n) is 5.48. The first kappa shape index (κ1) is 29.8. The molecule has 5 nitrogen and oxygen atoms in total. The van der Waals surface area contributed by atoms with Crippen LogP contribution in [0.15, 0.2) is 69.0 Å². The smallest absolute Gasteiger partial charge is 0.266 e. The molecule has 0 N–H and O–H groups in total. The first-order valence-electron chi connectivity index (χ1n) is 12.2. The van der Waals surface area contributed by atoms with E-state index in [4.69, 9.17) is 49.3 Å². The molecule has 1 saturated heterocycles. The molecule has 0 radical (unpaired) electrons. The Hall–Kier alpha value is -2.16. The van der Waals surface area contributed by atoms with Gasteiger partial charge < -0.3 is 9.47 Å². The predicted molar refractivity (Wildman–Crippen MR) is 167 cm³/mol. The molecule has 4 rings (SSSR count). The highest BCUT2D eigenvalue weighted by atomic mass is 79.9. The lowest BCUT2D eigenvalue weighted by Crippen LogP contribution is -2.32. The van der Waals surface area contributed by atoms with Crippen molar-refractivity contribution in [3.8, 4) is 11.5 Å². The monoisotopic (exact) mass is 666 g/mol.